The molecule has 4 aromatic heterocycles. The average Bonchev–Trinajstić information content (AvgIpc) is 3.59. The molecular weight excluding hydrogens is 781 g/mol. The van der Waals surface area contributed by atoms with Crippen molar-refractivity contribution in [2.24, 2.45) is 10.8 Å². The number of rotatable bonds is 4. The Morgan fingerprint density at radius 1 is 0.816 bits per heavy atom. The first kappa shape index (κ1) is 34.5. The minimum Gasteiger partial charge on any atom is -0.486 e. The summed E-state index contributed by atoms with van der Waals surface area (Å²) in [5.41, 5.74) is 12.1. The van der Waals surface area contributed by atoms with Crippen molar-refractivity contribution in [1.29, 1.82) is 0 Å². The van der Waals surface area contributed by atoms with Crippen LogP contribution in [-0.4, -0.2) is 19.5 Å². The van der Waals surface area contributed by atoms with Crippen molar-refractivity contribution < 1.29 is 24.5 Å². The Morgan fingerprint density at radius 3 is 2.39 bits per heavy atom. The van der Waals surface area contributed by atoms with E-state index in [0.29, 0.717) is 5.71 Å². The van der Waals surface area contributed by atoms with Crippen LogP contribution in [-0.2, 0) is 33.1 Å². The van der Waals surface area contributed by atoms with Crippen LogP contribution in [0.4, 0.5) is 0 Å². The molecule has 0 aliphatic carbocycles. The number of hydrogen-bond acceptors (Lipinski definition) is 4. The van der Waals surface area contributed by atoms with Crippen LogP contribution in [0.1, 0.15) is 64.8 Å². The summed E-state index contributed by atoms with van der Waals surface area (Å²) in [5, 5.41) is 2.08. The summed E-state index contributed by atoms with van der Waals surface area (Å²) in [7, 11) is 0. The molecular formula is C43H42IrN4O-2. The van der Waals surface area contributed by atoms with Crippen molar-refractivity contribution in [1.82, 2.24) is 19.5 Å². The van der Waals surface area contributed by atoms with Crippen LogP contribution in [0.15, 0.2) is 95.0 Å². The second-order valence-electron chi connectivity index (χ2n) is 15.3. The largest absolute Gasteiger partial charge is 0.486 e. The maximum atomic E-state index is 6.08. The fourth-order valence-corrected chi connectivity index (χ4v) is 6.72. The zero-order valence-corrected chi connectivity index (χ0v) is 31.7. The van der Waals surface area contributed by atoms with Gasteiger partial charge in [0.05, 0.1) is 22.4 Å². The van der Waals surface area contributed by atoms with E-state index < -0.39 is 0 Å². The predicted octanol–water partition coefficient (Wildman–Crippen LogP) is 11.1. The van der Waals surface area contributed by atoms with Gasteiger partial charge in [-0.3, -0.25) is 4.98 Å². The van der Waals surface area contributed by atoms with Gasteiger partial charge in [-0.1, -0.05) is 87.9 Å². The number of imidazole rings is 1. The summed E-state index contributed by atoms with van der Waals surface area (Å²) in [4.78, 5) is 14.0. The molecule has 0 atom stereocenters. The number of allylic oxidation sites excluding steroid dienone is 1. The number of aromatic nitrogens is 4. The minimum absolute atomic E-state index is 0. The van der Waals surface area contributed by atoms with Crippen LogP contribution in [0.2, 0.25) is 0 Å². The smallest absolute Gasteiger partial charge is 0.216 e. The second-order valence-corrected chi connectivity index (χ2v) is 15.3. The molecule has 3 aromatic carbocycles. The van der Waals surface area contributed by atoms with E-state index in [9.17, 15) is 0 Å². The number of para-hydroxylation sites is 1. The van der Waals surface area contributed by atoms with Gasteiger partial charge in [-0.2, -0.15) is 0 Å². The van der Waals surface area contributed by atoms with E-state index in [0.717, 1.165) is 69.6 Å². The number of hydrogen-bond donors (Lipinski definition) is 0. The molecule has 5 nitrogen and oxygen atoms in total. The molecule has 0 bridgehead atoms. The molecule has 1 aliphatic rings. The van der Waals surface area contributed by atoms with Crippen LogP contribution in [0, 0.1) is 29.9 Å². The summed E-state index contributed by atoms with van der Waals surface area (Å²) in [5.74, 6) is 1.02. The van der Waals surface area contributed by atoms with Crippen molar-refractivity contribution in [2.45, 2.75) is 67.9 Å². The SMILES string of the molecule is CC(C)(C)CC1=Cc2cccc3nc(-c4[c-]cccc4)n(c23)C1.Cc1ccc2c(n1)oc1c(-c3cc(CC(C)(C)C)ccn3)[c-]ccc12.[Ir]. The van der Waals surface area contributed by atoms with Crippen LogP contribution < -0.4 is 0 Å². The molecule has 0 amide bonds. The number of nitrogens with zero attached hydrogens (tertiary/aromatic N) is 4. The molecule has 1 aliphatic heterocycles. The van der Waals surface area contributed by atoms with E-state index in [-0.39, 0.29) is 30.9 Å². The van der Waals surface area contributed by atoms with E-state index in [1.54, 1.807) is 0 Å². The zero-order valence-electron chi connectivity index (χ0n) is 29.3. The van der Waals surface area contributed by atoms with Crippen LogP contribution in [0.5, 0.6) is 0 Å². The normalized spacial score (nSPS) is 12.8. The minimum atomic E-state index is 0. The van der Waals surface area contributed by atoms with Crippen LogP contribution in [0.3, 0.4) is 0 Å². The fraction of sp³-hybridized carbons (Fsp3) is 0.279. The number of aryl methyl sites for hydroxylation is 1. The summed E-state index contributed by atoms with van der Waals surface area (Å²) in [6.45, 7) is 16.5. The van der Waals surface area contributed by atoms with E-state index in [1.807, 2.05) is 49.5 Å². The van der Waals surface area contributed by atoms with Gasteiger partial charge >= 0.3 is 0 Å². The van der Waals surface area contributed by atoms with Crippen molar-refractivity contribution in [2.75, 3.05) is 0 Å². The quantitative estimate of drug-likeness (QED) is 0.166. The number of benzene rings is 3. The summed E-state index contributed by atoms with van der Waals surface area (Å²) < 4.78 is 8.44. The van der Waals surface area contributed by atoms with E-state index >= 15 is 0 Å². The van der Waals surface area contributed by atoms with E-state index in [4.69, 9.17) is 9.40 Å². The zero-order chi connectivity index (χ0) is 33.6. The number of pyridine rings is 2. The van der Waals surface area contributed by atoms with Gasteiger partial charge in [-0.15, -0.1) is 54.1 Å². The number of furan rings is 1. The van der Waals surface area contributed by atoms with Crippen molar-refractivity contribution >= 4 is 39.2 Å². The Hall–Kier alpha value is -4.38. The molecule has 0 spiro atoms. The monoisotopic (exact) mass is 823 g/mol. The molecule has 1 radical (unpaired) electrons. The third kappa shape index (κ3) is 7.46. The predicted molar refractivity (Wildman–Crippen MR) is 198 cm³/mol. The first-order chi connectivity index (χ1) is 22.9. The van der Waals surface area contributed by atoms with Crippen LogP contribution >= 0.6 is 0 Å². The summed E-state index contributed by atoms with van der Waals surface area (Å²) in [6.07, 6.45) is 6.32. The Kier molecular flexibility index (Phi) is 9.50. The topological polar surface area (TPSA) is 56.7 Å². The van der Waals surface area contributed by atoms with E-state index in [1.165, 1.54) is 22.2 Å². The molecule has 0 fully saturated rings. The molecule has 6 heteroatoms. The average molecular weight is 823 g/mol. The maximum absolute atomic E-state index is 6.08. The molecule has 251 valence electrons. The third-order valence-corrected chi connectivity index (χ3v) is 8.48. The Balaban J connectivity index is 0.000000167. The third-order valence-electron chi connectivity index (χ3n) is 8.48. The van der Waals surface area contributed by atoms with Gasteiger partial charge in [0.15, 0.2) is 0 Å². The van der Waals surface area contributed by atoms with Crippen molar-refractivity contribution in [3.8, 4) is 22.6 Å². The fourth-order valence-electron chi connectivity index (χ4n) is 6.72. The first-order valence-corrected chi connectivity index (χ1v) is 16.7. The van der Waals surface area contributed by atoms with E-state index in [2.05, 4.69) is 117 Å². The molecule has 0 saturated heterocycles. The first-order valence-electron chi connectivity index (χ1n) is 16.7. The Labute approximate surface area is 302 Å². The summed E-state index contributed by atoms with van der Waals surface area (Å²) >= 11 is 0. The molecule has 0 unspecified atom stereocenters. The molecule has 0 saturated carbocycles. The van der Waals surface area contributed by atoms with Gasteiger partial charge in [-0.05, 0) is 66.1 Å². The number of fused-ring (bicyclic) bond motifs is 3. The van der Waals surface area contributed by atoms with Gasteiger partial charge in [0.2, 0.25) is 5.71 Å². The molecule has 49 heavy (non-hydrogen) atoms. The van der Waals surface area contributed by atoms with Gasteiger partial charge in [-0.25, -0.2) is 4.98 Å². The molecule has 7 aromatic rings. The summed E-state index contributed by atoms with van der Waals surface area (Å²) in [6, 6.07) is 33.4. The maximum Gasteiger partial charge on any atom is 0.216 e. The molecule has 0 N–H and O–H groups in total. The van der Waals surface area contributed by atoms with Crippen molar-refractivity contribution in [3.63, 3.8) is 0 Å². The van der Waals surface area contributed by atoms with Gasteiger partial charge in [0, 0.05) is 43.9 Å². The molecule has 8 rings (SSSR count). The van der Waals surface area contributed by atoms with Crippen molar-refractivity contribution in [3.05, 3.63) is 120 Å². The Morgan fingerprint density at radius 2 is 1.63 bits per heavy atom. The Bertz CT molecular complexity index is 2300. The molecule has 5 heterocycles. The van der Waals surface area contributed by atoms with Gasteiger partial charge in [0.25, 0.3) is 0 Å². The van der Waals surface area contributed by atoms with Gasteiger partial charge < -0.3 is 14.0 Å². The van der Waals surface area contributed by atoms with Gasteiger partial charge in [0.1, 0.15) is 0 Å². The standard InChI is InChI=1S/C22H21N2O.C21H21N2.Ir/c1-14-8-9-17-16-6-5-7-18(20(16)25-21(17)24-14)19-12-15(10-11-23-19)13-22(2,3)4;1-21(2,3)13-15-12-17-10-7-11-18-19(17)23(14-15)20(22-18)16-8-5-4-6-9-16;/h5-6,8-12H,13H2,1-4H3;4-8,10-12H,13-14H2,1-3H3;/q2*-1;. The second kappa shape index (κ2) is 13.5. The van der Waals surface area contributed by atoms with Crippen LogP contribution in [0.25, 0.3) is 61.8 Å².